The van der Waals surface area contributed by atoms with Crippen LogP contribution in [-0.4, -0.2) is 50.1 Å². The van der Waals surface area contributed by atoms with Crippen molar-refractivity contribution in [2.75, 3.05) is 37.5 Å². The van der Waals surface area contributed by atoms with Crippen LogP contribution in [0.3, 0.4) is 0 Å². The Kier molecular flexibility index (Phi) is 7.28. The molecule has 0 spiro atoms. The second-order valence-corrected chi connectivity index (χ2v) is 8.39. The van der Waals surface area contributed by atoms with E-state index in [9.17, 15) is 9.59 Å². The van der Waals surface area contributed by atoms with Gasteiger partial charge in [-0.1, -0.05) is 13.0 Å². The normalized spacial score (nSPS) is 15.9. The van der Waals surface area contributed by atoms with Gasteiger partial charge in [0.15, 0.2) is 0 Å². The first-order valence-electron chi connectivity index (χ1n) is 10.0. The predicted molar refractivity (Wildman–Crippen MR) is 118 cm³/mol. The van der Waals surface area contributed by atoms with Gasteiger partial charge >= 0.3 is 0 Å². The predicted octanol–water partition coefficient (Wildman–Crippen LogP) is 3.98. The molecule has 1 aliphatic rings. The Morgan fingerprint density at radius 1 is 1.28 bits per heavy atom. The molecule has 156 valence electrons. The Bertz CT molecular complexity index is 830. The smallest absolute Gasteiger partial charge is 0.264 e. The lowest BCUT2D eigenvalue weighted by Gasteiger charge is -2.28. The van der Waals surface area contributed by atoms with E-state index in [1.165, 1.54) is 11.3 Å². The van der Waals surface area contributed by atoms with E-state index in [1.54, 1.807) is 0 Å². The number of carbonyl (C=O) groups is 2. The SMILES string of the molecule is CCC(=O)Nc1ccc(N(C)C)c(CN(C[C@@H]2CCCO2)C(=O)c2cccs2)c1. The number of benzene rings is 1. The number of carbonyl (C=O) groups excluding carboxylic acids is 2. The molecule has 29 heavy (non-hydrogen) atoms. The molecule has 1 saturated heterocycles. The lowest BCUT2D eigenvalue weighted by atomic mass is 10.1. The van der Waals surface area contributed by atoms with E-state index < -0.39 is 0 Å². The monoisotopic (exact) mass is 415 g/mol. The molecule has 1 aromatic heterocycles. The zero-order valence-corrected chi connectivity index (χ0v) is 18.1. The summed E-state index contributed by atoms with van der Waals surface area (Å²) in [5.41, 5.74) is 2.76. The number of nitrogens with zero attached hydrogens (tertiary/aromatic N) is 2. The van der Waals surface area contributed by atoms with Crippen molar-refractivity contribution in [3.05, 3.63) is 46.2 Å². The Labute approximate surface area is 176 Å². The van der Waals surface area contributed by atoms with Gasteiger partial charge in [-0.3, -0.25) is 9.59 Å². The Morgan fingerprint density at radius 2 is 2.10 bits per heavy atom. The highest BCUT2D eigenvalue weighted by molar-refractivity contribution is 7.12. The van der Waals surface area contributed by atoms with E-state index in [-0.39, 0.29) is 17.9 Å². The molecule has 1 fully saturated rings. The summed E-state index contributed by atoms with van der Waals surface area (Å²) in [6.45, 7) is 3.61. The van der Waals surface area contributed by atoms with Crippen LogP contribution in [0.4, 0.5) is 11.4 Å². The van der Waals surface area contributed by atoms with Gasteiger partial charge in [-0.05, 0) is 48.1 Å². The van der Waals surface area contributed by atoms with Gasteiger partial charge in [-0.25, -0.2) is 0 Å². The van der Waals surface area contributed by atoms with Gasteiger partial charge < -0.3 is 19.9 Å². The maximum Gasteiger partial charge on any atom is 0.264 e. The van der Waals surface area contributed by atoms with Gasteiger partial charge in [0.25, 0.3) is 5.91 Å². The minimum Gasteiger partial charge on any atom is -0.377 e. The van der Waals surface area contributed by atoms with E-state index in [4.69, 9.17) is 4.74 Å². The first-order valence-corrected chi connectivity index (χ1v) is 10.9. The molecule has 0 radical (unpaired) electrons. The number of thiophene rings is 1. The molecule has 0 saturated carbocycles. The molecule has 2 heterocycles. The van der Waals surface area contributed by atoms with Gasteiger partial charge in [0, 0.05) is 51.6 Å². The second kappa shape index (κ2) is 9.89. The van der Waals surface area contributed by atoms with Crippen molar-refractivity contribution in [2.45, 2.75) is 38.8 Å². The van der Waals surface area contributed by atoms with Crippen molar-refractivity contribution in [2.24, 2.45) is 0 Å². The molecule has 0 aliphatic carbocycles. The lowest BCUT2D eigenvalue weighted by Crippen LogP contribution is -2.37. The number of hydrogen-bond donors (Lipinski definition) is 1. The van der Waals surface area contributed by atoms with Gasteiger partial charge in [-0.15, -0.1) is 11.3 Å². The standard InChI is InChI=1S/C22H29N3O3S/c1-4-21(26)23-17-9-10-19(24(2)3)16(13-17)14-25(15-18-7-5-11-28-18)22(27)20-8-6-12-29-20/h6,8-10,12-13,18H,4-5,7,11,14-15H2,1-3H3,(H,23,26)/t18-/m0/s1. The average Bonchev–Trinajstić information content (AvgIpc) is 3.41. The summed E-state index contributed by atoms with van der Waals surface area (Å²) in [6.07, 6.45) is 2.51. The van der Waals surface area contributed by atoms with E-state index in [0.29, 0.717) is 19.5 Å². The number of amides is 2. The molecule has 3 rings (SSSR count). The van der Waals surface area contributed by atoms with Crippen molar-refractivity contribution in [3.8, 4) is 0 Å². The highest BCUT2D eigenvalue weighted by Crippen LogP contribution is 2.27. The van der Waals surface area contributed by atoms with Gasteiger partial charge in [-0.2, -0.15) is 0 Å². The topological polar surface area (TPSA) is 61.9 Å². The summed E-state index contributed by atoms with van der Waals surface area (Å²) in [5, 5.41) is 4.84. The van der Waals surface area contributed by atoms with E-state index in [0.717, 1.165) is 41.3 Å². The molecule has 7 heteroatoms. The number of hydrogen-bond acceptors (Lipinski definition) is 5. The van der Waals surface area contributed by atoms with Crippen molar-refractivity contribution in [1.29, 1.82) is 0 Å². The fourth-order valence-corrected chi connectivity index (χ4v) is 4.18. The molecule has 2 amide bonds. The Balaban J connectivity index is 1.88. The minimum absolute atomic E-state index is 0.0169. The molecule has 6 nitrogen and oxygen atoms in total. The van der Waals surface area contributed by atoms with Crippen LogP contribution in [0.15, 0.2) is 35.7 Å². The number of ether oxygens (including phenoxy) is 1. The molecular weight excluding hydrogens is 386 g/mol. The second-order valence-electron chi connectivity index (χ2n) is 7.44. The fraction of sp³-hybridized carbons (Fsp3) is 0.455. The molecule has 0 unspecified atom stereocenters. The largest absolute Gasteiger partial charge is 0.377 e. The van der Waals surface area contributed by atoms with Gasteiger partial charge in [0.2, 0.25) is 5.91 Å². The minimum atomic E-state index is -0.0283. The van der Waals surface area contributed by atoms with Crippen LogP contribution in [0.25, 0.3) is 0 Å². The summed E-state index contributed by atoms with van der Waals surface area (Å²) >= 11 is 1.45. The van der Waals surface area contributed by atoms with Crippen molar-refractivity contribution in [3.63, 3.8) is 0 Å². The van der Waals surface area contributed by atoms with Crippen LogP contribution in [0.1, 0.15) is 41.4 Å². The van der Waals surface area contributed by atoms with E-state index in [2.05, 4.69) is 5.32 Å². The molecular formula is C22H29N3O3S. The van der Waals surface area contributed by atoms with Crippen molar-refractivity contribution in [1.82, 2.24) is 4.90 Å². The summed E-state index contributed by atoms with van der Waals surface area (Å²) < 4.78 is 5.80. The average molecular weight is 416 g/mol. The quantitative estimate of drug-likeness (QED) is 0.708. The molecule has 1 atom stereocenters. The van der Waals surface area contributed by atoms with E-state index in [1.807, 2.05) is 66.5 Å². The van der Waals surface area contributed by atoms with Crippen molar-refractivity contribution >= 4 is 34.5 Å². The summed E-state index contributed by atoms with van der Waals surface area (Å²) in [6, 6.07) is 9.61. The van der Waals surface area contributed by atoms with Crippen LogP contribution in [0, 0.1) is 0 Å². The maximum absolute atomic E-state index is 13.2. The van der Waals surface area contributed by atoms with Crippen LogP contribution in [0.5, 0.6) is 0 Å². The third-order valence-electron chi connectivity index (χ3n) is 4.99. The molecule has 1 aromatic carbocycles. The fourth-order valence-electron chi connectivity index (χ4n) is 3.49. The Morgan fingerprint density at radius 3 is 2.72 bits per heavy atom. The lowest BCUT2D eigenvalue weighted by molar-refractivity contribution is -0.115. The highest BCUT2D eigenvalue weighted by Gasteiger charge is 2.25. The third kappa shape index (κ3) is 5.58. The number of nitrogens with one attached hydrogen (secondary N) is 1. The summed E-state index contributed by atoms with van der Waals surface area (Å²) in [7, 11) is 3.96. The Hall–Kier alpha value is -2.38. The summed E-state index contributed by atoms with van der Waals surface area (Å²) in [5.74, 6) is -0.0115. The third-order valence-corrected chi connectivity index (χ3v) is 5.85. The highest BCUT2D eigenvalue weighted by atomic mass is 32.1. The van der Waals surface area contributed by atoms with Gasteiger partial charge in [0.1, 0.15) is 0 Å². The van der Waals surface area contributed by atoms with Crippen molar-refractivity contribution < 1.29 is 14.3 Å². The van der Waals surface area contributed by atoms with Crippen LogP contribution in [-0.2, 0) is 16.1 Å². The molecule has 2 aromatic rings. The van der Waals surface area contributed by atoms with Crippen LogP contribution < -0.4 is 10.2 Å². The van der Waals surface area contributed by atoms with Gasteiger partial charge in [0.05, 0.1) is 11.0 Å². The summed E-state index contributed by atoms with van der Waals surface area (Å²) in [4.78, 5) is 29.6. The first-order chi connectivity index (χ1) is 14.0. The number of rotatable bonds is 8. The first kappa shape index (κ1) is 21.3. The molecule has 1 N–H and O–H groups in total. The molecule has 1 aliphatic heterocycles. The zero-order valence-electron chi connectivity index (χ0n) is 17.3. The molecule has 0 bridgehead atoms. The van der Waals surface area contributed by atoms with E-state index >= 15 is 0 Å². The maximum atomic E-state index is 13.2. The van der Waals surface area contributed by atoms with Crippen LogP contribution in [0.2, 0.25) is 0 Å². The zero-order chi connectivity index (χ0) is 20.8. The number of anilines is 2. The van der Waals surface area contributed by atoms with Crippen LogP contribution >= 0.6 is 11.3 Å².